The second kappa shape index (κ2) is 6.69. The number of aliphatic carboxylic acids is 1. The molecule has 110 valence electrons. The van der Waals surface area contributed by atoms with Crippen molar-refractivity contribution in [1.82, 2.24) is 15.1 Å². The van der Waals surface area contributed by atoms with Crippen molar-refractivity contribution in [2.24, 2.45) is 5.73 Å². The molecule has 1 rings (SSSR count). The molecule has 1 aromatic rings. The van der Waals surface area contributed by atoms with E-state index in [1.807, 2.05) is 6.07 Å². The Bertz CT molecular complexity index is 524. The Morgan fingerprint density at radius 3 is 2.55 bits per heavy atom. The first-order valence-electron chi connectivity index (χ1n) is 6.11. The van der Waals surface area contributed by atoms with Gasteiger partial charge in [0, 0.05) is 12.1 Å². The first-order valence-corrected chi connectivity index (χ1v) is 6.11. The molecule has 0 fully saturated rings. The number of hydrogen-bond donors (Lipinski definition) is 3. The molecule has 8 heteroatoms. The highest BCUT2D eigenvalue weighted by Gasteiger charge is 2.20. The Balaban J connectivity index is 2.60. The maximum absolute atomic E-state index is 11.8. The molecule has 0 radical (unpaired) electrons. The number of aryl methyl sites for hydroxylation is 2. The van der Waals surface area contributed by atoms with Gasteiger partial charge in [-0.15, -0.1) is 0 Å². The number of aromatic nitrogens is 2. The number of nitrogens with two attached hydrogens (primary N) is 1. The highest BCUT2D eigenvalue weighted by molar-refractivity contribution is 5.84. The van der Waals surface area contributed by atoms with Gasteiger partial charge < -0.3 is 16.2 Å². The summed E-state index contributed by atoms with van der Waals surface area (Å²) in [6.07, 6.45) is -0.134. The minimum absolute atomic E-state index is 0.0342. The molecule has 1 heterocycles. The third-order valence-corrected chi connectivity index (χ3v) is 2.71. The summed E-state index contributed by atoms with van der Waals surface area (Å²) in [6.45, 7) is 3.53. The number of carboxylic acid groups (broad SMARTS) is 1. The van der Waals surface area contributed by atoms with E-state index >= 15 is 0 Å². The molecule has 4 N–H and O–H groups in total. The topological polar surface area (TPSA) is 127 Å². The Kier molecular flexibility index (Phi) is 5.24. The maximum Gasteiger partial charge on any atom is 0.326 e. The van der Waals surface area contributed by atoms with Gasteiger partial charge >= 0.3 is 5.97 Å². The molecule has 0 bridgehead atoms. The summed E-state index contributed by atoms with van der Waals surface area (Å²) >= 11 is 0. The number of carboxylic acids is 1. The van der Waals surface area contributed by atoms with Crippen LogP contribution in [0.4, 0.5) is 0 Å². The molecular formula is C12H18N4O4. The zero-order valence-electron chi connectivity index (χ0n) is 11.4. The van der Waals surface area contributed by atoms with Crippen LogP contribution in [0.15, 0.2) is 6.07 Å². The molecule has 0 saturated carbocycles. The van der Waals surface area contributed by atoms with E-state index in [0.717, 1.165) is 11.4 Å². The van der Waals surface area contributed by atoms with Crippen molar-refractivity contribution in [3.8, 4) is 0 Å². The minimum Gasteiger partial charge on any atom is -0.480 e. The summed E-state index contributed by atoms with van der Waals surface area (Å²) in [5, 5.41) is 15.4. The molecule has 0 spiro atoms. The maximum atomic E-state index is 11.8. The van der Waals surface area contributed by atoms with Crippen molar-refractivity contribution in [3.05, 3.63) is 17.5 Å². The molecule has 0 saturated heterocycles. The van der Waals surface area contributed by atoms with Crippen LogP contribution in [0.3, 0.4) is 0 Å². The van der Waals surface area contributed by atoms with E-state index in [2.05, 4.69) is 10.4 Å². The van der Waals surface area contributed by atoms with Crippen LogP contribution in [0, 0.1) is 13.8 Å². The predicted molar refractivity (Wildman–Crippen MR) is 69.7 cm³/mol. The predicted octanol–water partition coefficient (Wildman–Crippen LogP) is -0.665. The average Bonchev–Trinajstić information content (AvgIpc) is 2.62. The summed E-state index contributed by atoms with van der Waals surface area (Å²) in [7, 11) is 0. The van der Waals surface area contributed by atoms with E-state index in [1.165, 1.54) is 4.68 Å². The normalized spacial score (nSPS) is 11.9. The first kappa shape index (κ1) is 15.7. The van der Waals surface area contributed by atoms with Gasteiger partial charge in [-0.1, -0.05) is 0 Å². The molecule has 8 nitrogen and oxygen atoms in total. The highest BCUT2D eigenvalue weighted by atomic mass is 16.4. The third-order valence-electron chi connectivity index (χ3n) is 2.71. The lowest BCUT2D eigenvalue weighted by molar-refractivity contribution is -0.142. The smallest absolute Gasteiger partial charge is 0.326 e. The van der Waals surface area contributed by atoms with Crippen LogP contribution >= 0.6 is 0 Å². The summed E-state index contributed by atoms with van der Waals surface area (Å²) in [6, 6.07) is 0.682. The lowest BCUT2D eigenvalue weighted by atomic mass is 10.1. The number of primary amides is 1. The van der Waals surface area contributed by atoms with Crippen molar-refractivity contribution >= 4 is 17.8 Å². The van der Waals surface area contributed by atoms with E-state index in [1.54, 1.807) is 13.8 Å². The Labute approximate surface area is 115 Å². The number of carbonyl (C=O) groups excluding carboxylic acids is 2. The molecule has 1 unspecified atom stereocenters. The standard InChI is InChI=1S/C12H18N4O4/c1-7-5-8(2)16(15-7)6-11(18)14-9(12(19)20)3-4-10(13)17/h5,9H,3-4,6H2,1-2H3,(H2,13,17)(H,14,18)(H,19,20). The third kappa shape index (κ3) is 4.71. The number of nitrogens with zero attached hydrogens (tertiary/aromatic N) is 2. The highest BCUT2D eigenvalue weighted by Crippen LogP contribution is 2.02. The van der Waals surface area contributed by atoms with E-state index in [9.17, 15) is 14.4 Å². The van der Waals surface area contributed by atoms with Crippen LogP contribution in [-0.2, 0) is 20.9 Å². The van der Waals surface area contributed by atoms with E-state index in [-0.39, 0.29) is 19.4 Å². The molecule has 0 aliphatic heterocycles. The Hall–Kier alpha value is -2.38. The van der Waals surface area contributed by atoms with Gasteiger partial charge in [0.15, 0.2) is 0 Å². The van der Waals surface area contributed by atoms with Crippen molar-refractivity contribution in [2.75, 3.05) is 0 Å². The molecule has 1 aromatic heterocycles. The fraction of sp³-hybridized carbons (Fsp3) is 0.500. The molecule has 1 atom stereocenters. The second-order valence-electron chi connectivity index (χ2n) is 4.55. The molecule has 20 heavy (non-hydrogen) atoms. The monoisotopic (exact) mass is 282 g/mol. The van der Waals surface area contributed by atoms with Gasteiger partial charge in [0.2, 0.25) is 11.8 Å². The molecule has 0 aromatic carbocycles. The Morgan fingerprint density at radius 2 is 2.10 bits per heavy atom. The van der Waals surface area contributed by atoms with Gasteiger partial charge in [0.25, 0.3) is 0 Å². The summed E-state index contributed by atoms with van der Waals surface area (Å²) in [4.78, 5) is 33.4. The lowest BCUT2D eigenvalue weighted by Crippen LogP contribution is -2.43. The number of carbonyl (C=O) groups is 3. The van der Waals surface area contributed by atoms with Crippen molar-refractivity contribution in [1.29, 1.82) is 0 Å². The number of amides is 2. The first-order chi connectivity index (χ1) is 9.29. The quantitative estimate of drug-likeness (QED) is 0.611. The van der Waals surface area contributed by atoms with Crippen LogP contribution < -0.4 is 11.1 Å². The van der Waals surface area contributed by atoms with Crippen LogP contribution in [0.5, 0.6) is 0 Å². The van der Waals surface area contributed by atoms with Gasteiger partial charge in [-0.05, 0) is 26.3 Å². The summed E-state index contributed by atoms with van der Waals surface area (Å²) in [5.74, 6) is -2.29. The molecule has 2 amide bonds. The molecular weight excluding hydrogens is 264 g/mol. The number of nitrogens with one attached hydrogen (secondary N) is 1. The SMILES string of the molecule is Cc1cc(C)n(CC(=O)NC(CCC(N)=O)C(=O)O)n1. The van der Waals surface area contributed by atoms with Gasteiger partial charge in [-0.3, -0.25) is 14.3 Å². The van der Waals surface area contributed by atoms with Crippen LogP contribution in [-0.4, -0.2) is 38.7 Å². The van der Waals surface area contributed by atoms with Gasteiger partial charge in [0.1, 0.15) is 12.6 Å². The lowest BCUT2D eigenvalue weighted by Gasteiger charge is -2.14. The van der Waals surface area contributed by atoms with Crippen molar-refractivity contribution in [3.63, 3.8) is 0 Å². The second-order valence-corrected chi connectivity index (χ2v) is 4.55. The van der Waals surface area contributed by atoms with Crippen LogP contribution in [0.25, 0.3) is 0 Å². The fourth-order valence-corrected chi connectivity index (χ4v) is 1.75. The van der Waals surface area contributed by atoms with Gasteiger partial charge in [-0.2, -0.15) is 5.10 Å². The zero-order valence-corrected chi connectivity index (χ0v) is 11.4. The Morgan fingerprint density at radius 1 is 1.45 bits per heavy atom. The van der Waals surface area contributed by atoms with E-state index in [0.29, 0.717) is 0 Å². The van der Waals surface area contributed by atoms with E-state index < -0.39 is 23.8 Å². The zero-order chi connectivity index (χ0) is 15.3. The average molecular weight is 282 g/mol. The molecule has 0 aliphatic carbocycles. The van der Waals surface area contributed by atoms with Crippen LogP contribution in [0.1, 0.15) is 24.2 Å². The van der Waals surface area contributed by atoms with Crippen molar-refractivity contribution < 1.29 is 19.5 Å². The number of rotatable bonds is 7. The van der Waals surface area contributed by atoms with Crippen LogP contribution in [0.2, 0.25) is 0 Å². The number of hydrogen-bond acceptors (Lipinski definition) is 4. The molecule has 0 aliphatic rings. The summed E-state index contributed by atoms with van der Waals surface area (Å²) < 4.78 is 1.48. The van der Waals surface area contributed by atoms with E-state index in [4.69, 9.17) is 10.8 Å². The van der Waals surface area contributed by atoms with Gasteiger partial charge in [0.05, 0.1) is 5.69 Å². The summed E-state index contributed by atoms with van der Waals surface area (Å²) in [5.41, 5.74) is 6.54. The largest absolute Gasteiger partial charge is 0.480 e. The minimum atomic E-state index is -1.20. The van der Waals surface area contributed by atoms with Crippen molar-refractivity contribution in [2.45, 2.75) is 39.3 Å². The van der Waals surface area contributed by atoms with Gasteiger partial charge in [-0.25, -0.2) is 4.79 Å². The fourth-order valence-electron chi connectivity index (χ4n) is 1.75.